The van der Waals surface area contributed by atoms with Crippen LogP contribution in [0.5, 0.6) is 0 Å². The molecule has 5 nitrogen and oxygen atoms in total. The van der Waals surface area contributed by atoms with E-state index in [1.165, 1.54) is 11.3 Å². The monoisotopic (exact) mass is 425 g/mol. The zero-order valence-corrected chi connectivity index (χ0v) is 17.8. The molecule has 1 amide bonds. The molecule has 1 aliphatic heterocycles. The molecule has 1 saturated heterocycles. The lowest BCUT2D eigenvalue weighted by molar-refractivity contribution is 0.0735. The minimum Gasteiger partial charge on any atom is -0.339 e. The van der Waals surface area contributed by atoms with Crippen LogP contribution in [0.1, 0.15) is 28.1 Å². The summed E-state index contributed by atoms with van der Waals surface area (Å²) in [5.74, 6) is 3.11. The first kappa shape index (κ1) is 18.8. The Hall–Kier alpha value is -2.25. The molecular weight excluding hydrogens is 402 g/mol. The molecule has 0 unspecified atom stereocenters. The van der Waals surface area contributed by atoms with Gasteiger partial charge in [0.25, 0.3) is 5.91 Å². The van der Waals surface area contributed by atoms with Gasteiger partial charge in [-0.05, 0) is 24.3 Å². The van der Waals surface area contributed by atoms with E-state index in [-0.39, 0.29) is 5.91 Å². The zero-order valence-electron chi connectivity index (χ0n) is 16.1. The molecule has 1 aliphatic carbocycles. The van der Waals surface area contributed by atoms with Crippen LogP contribution in [0.3, 0.4) is 0 Å². The molecule has 5 rings (SSSR count). The lowest BCUT2D eigenvalue weighted by atomic mass is 10.1. The summed E-state index contributed by atoms with van der Waals surface area (Å²) in [6.07, 6.45) is 2.14. The van der Waals surface area contributed by atoms with E-state index in [0.717, 1.165) is 65.0 Å². The second-order valence-corrected chi connectivity index (χ2v) is 9.59. The quantitative estimate of drug-likeness (QED) is 0.570. The van der Waals surface area contributed by atoms with Crippen LogP contribution < -0.4 is 4.90 Å². The van der Waals surface area contributed by atoms with Crippen molar-refractivity contribution < 1.29 is 9.32 Å². The third-order valence-corrected chi connectivity index (χ3v) is 7.22. The van der Waals surface area contributed by atoms with Crippen LogP contribution in [0, 0.1) is 0 Å². The minimum atomic E-state index is 0.114. The average molecular weight is 426 g/mol. The molecule has 1 aromatic carbocycles. The van der Waals surface area contributed by atoms with Crippen LogP contribution >= 0.6 is 23.1 Å². The summed E-state index contributed by atoms with van der Waals surface area (Å²) in [6, 6.07) is 14.3. The number of aromatic nitrogens is 1. The van der Waals surface area contributed by atoms with E-state index >= 15 is 0 Å². The van der Waals surface area contributed by atoms with Gasteiger partial charge >= 0.3 is 0 Å². The molecule has 3 heterocycles. The standard InChI is InChI=1S/C22H23N3O2S2/c26-21(19-7-4-12-29-19)25(17-8-9-17)15-18-20(16-5-2-1-3-6-16)23-27-22(18)24-10-13-28-14-11-24/h1-7,12,17H,8-11,13-15H2. The highest BCUT2D eigenvalue weighted by molar-refractivity contribution is 7.99. The smallest absolute Gasteiger partial charge is 0.264 e. The normalized spacial score (nSPS) is 16.8. The Kier molecular flexibility index (Phi) is 5.33. The second kappa shape index (κ2) is 8.24. The van der Waals surface area contributed by atoms with Crippen LogP contribution in [0.4, 0.5) is 5.88 Å². The van der Waals surface area contributed by atoms with Crippen molar-refractivity contribution in [3.05, 3.63) is 58.3 Å². The van der Waals surface area contributed by atoms with Crippen molar-refractivity contribution >= 4 is 34.9 Å². The third-order valence-electron chi connectivity index (χ3n) is 5.42. The second-order valence-electron chi connectivity index (χ2n) is 7.42. The molecule has 0 N–H and O–H groups in total. The minimum absolute atomic E-state index is 0.114. The summed E-state index contributed by atoms with van der Waals surface area (Å²) in [4.78, 5) is 18.3. The molecule has 2 aromatic heterocycles. The van der Waals surface area contributed by atoms with Gasteiger partial charge in [0.05, 0.1) is 17.0 Å². The molecule has 150 valence electrons. The fourth-order valence-electron chi connectivity index (χ4n) is 3.75. The van der Waals surface area contributed by atoms with Gasteiger partial charge in [-0.3, -0.25) is 4.79 Å². The third kappa shape index (κ3) is 3.94. The van der Waals surface area contributed by atoms with Gasteiger partial charge in [-0.1, -0.05) is 41.6 Å². The first-order chi connectivity index (χ1) is 14.3. The largest absolute Gasteiger partial charge is 0.339 e. The summed E-state index contributed by atoms with van der Waals surface area (Å²) in [5.41, 5.74) is 2.91. The fourth-order valence-corrected chi connectivity index (χ4v) is 5.33. The van der Waals surface area contributed by atoms with E-state index in [1.54, 1.807) is 0 Å². The molecule has 0 radical (unpaired) electrons. The van der Waals surface area contributed by atoms with E-state index in [0.29, 0.717) is 12.6 Å². The number of nitrogens with zero attached hydrogens (tertiary/aromatic N) is 3. The maximum absolute atomic E-state index is 13.2. The molecule has 29 heavy (non-hydrogen) atoms. The number of thiophene rings is 1. The number of thioether (sulfide) groups is 1. The van der Waals surface area contributed by atoms with E-state index in [1.807, 2.05) is 52.4 Å². The number of carbonyl (C=O) groups excluding carboxylic acids is 1. The van der Waals surface area contributed by atoms with Crippen LogP contribution in [0.25, 0.3) is 11.3 Å². The van der Waals surface area contributed by atoms with Crippen molar-refractivity contribution in [1.29, 1.82) is 0 Å². The van der Waals surface area contributed by atoms with Gasteiger partial charge in [-0.15, -0.1) is 11.3 Å². The predicted molar refractivity (Wildman–Crippen MR) is 119 cm³/mol. The maximum atomic E-state index is 13.2. The SMILES string of the molecule is O=C(c1cccs1)N(Cc1c(-c2ccccc2)noc1N1CCSCC1)C1CC1. The number of rotatable bonds is 6. The highest BCUT2D eigenvalue weighted by Crippen LogP contribution is 2.37. The first-order valence-corrected chi connectivity index (χ1v) is 12.1. The Labute approximate surface area is 178 Å². The zero-order chi connectivity index (χ0) is 19.6. The van der Waals surface area contributed by atoms with Crippen LogP contribution in [0.2, 0.25) is 0 Å². The summed E-state index contributed by atoms with van der Waals surface area (Å²) in [6.45, 7) is 2.43. The highest BCUT2D eigenvalue weighted by Gasteiger charge is 2.36. The summed E-state index contributed by atoms with van der Waals surface area (Å²) in [7, 11) is 0. The van der Waals surface area contributed by atoms with Crippen molar-refractivity contribution in [1.82, 2.24) is 10.1 Å². The van der Waals surface area contributed by atoms with Crippen molar-refractivity contribution in [2.24, 2.45) is 0 Å². The first-order valence-electron chi connectivity index (χ1n) is 10.0. The molecule has 0 bridgehead atoms. The molecule has 3 aromatic rings. The van der Waals surface area contributed by atoms with Gasteiger partial charge in [-0.25, -0.2) is 0 Å². The van der Waals surface area contributed by atoms with Gasteiger partial charge < -0.3 is 14.3 Å². The Morgan fingerprint density at radius 3 is 2.62 bits per heavy atom. The molecular formula is C22H23N3O2S2. The Bertz CT molecular complexity index is 961. The van der Waals surface area contributed by atoms with Gasteiger partial charge in [0, 0.05) is 36.2 Å². The van der Waals surface area contributed by atoms with E-state index in [2.05, 4.69) is 22.2 Å². The maximum Gasteiger partial charge on any atom is 0.264 e. The van der Waals surface area contributed by atoms with Crippen LogP contribution in [0.15, 0.2) is 52.4 Å². The fraction of sp³-hybridized carbons (Fsp3) is 0.364. The molecule has 0 atom stereocenters. The Morgan fingerprint density at radius 2 is 1.93 bits per heavy atom. The van der Waals surface area contributed by atoms with Gasteiger partial charge in [0.2, 0.25) is 5.88 Å². The Morgan fingerprint density at radius 1 is 1.14 bits per heavy atom. The van der Waals surface area contributed by atoms with Gasteiger partial charge in [0.15, 0.2) is 0 Å². The topological polar surface area (TPSA) is 49.6 Å². The average Bonchev–Trinajstić information content (AvgIpc) is 3.29. The molecule has 2 fully saturated rings. The molecule has 7 heteroatoms. The molecule has 1 saturated carbocycles. The van der Waals surface area contributed by atoms with Crippen molar-refractivity contribution in [3.63, 3.8) is 0 Å². The Balaban J connectivity index is 1.52. The van der Waals surface area contributed by atoms with Crippen molar-refractivity contribution in [2.45, 2.75) is 25.4 Å². The highest BCUT2D eigenvalue weighted by atomic mass is 32.2. The van der Waals surface area contributed by atoms with Gasteiger partial charge in [0.1, 0.15) is 5.69 Å². The number of anilines is 1. The number of hydrogen-bond acceptors (Lipinski definition) is 6. The lowest BCUT2D eigenvalue weighted by Crippen LogP contribution is -2.35. The number of carbonyl (C=O) groups is 1. The van der Waals surface area contributed by atoms with Crippen molar-refractivity contribution in [3.8, 4) is 11.3 Å². The van der Waals surface area contributed by atoms with Crippen LogP contribution in [-0.2, 0) is 6.54 Å². The molecule has 2 aliphatic rings. The van der Waals surface area contributed by atoms with E-state index in [9.17, 15) is 4.79 Å². The van der Waals surface area contributed by atoms with Crippen LogP contribution in [-0.4, -0.2) is 46.6 Å². The number of benzene rings is 1. The van der Waals surface area contributed by atoms with Gasteiger partial charge in [-0.2, -0.15) is 11.8 Å². The van der Waals surface area contributed by atoms with E-state index < -0.39 is 0 Å². The summed E-state index contributed by atoms with van der Waals surface area (Å²) in [5, 5.41) is 6.42. The number of hydrogen-bond donors (Lipinski definition) is 0. The van der Waals surface area contributed by atoms with Crippen molar-refractivity contribution in [2.75, 3.05) is 29.5 Å². The number of amides is 1. The summed E-state index contributed by atoms with van der Waals surface area (Å²) >= 11 is 3.47. The molecule has 0 spiro atoms. The summed E-state index contributed by atoms with van der Waals surface area (Å²) < 4.78 is 5.89. The predicted octanol–water partition coefficient (Wildman–Crippen LogP) is 4.76. The lowest BCUT2D eigenvalue weighted by Gasteiger charge is -2.28. The van der Waals surface area contributed by atoms with E-state index in [4.69, 9.17) is 4.52 Å².